The first kappa shape index (κ1) is 14.4. The maximum Gasteiger partial charge on any atom is 0.127 e. The van der Waals surface area contributed by atoms with Gasteiger partial charge in [-0.3, -0.25) is 4.90 Å². The largest absolute Gasteiger partial charge is 0.507 e. The fourth-order valence-electron chi connectivity index (χ4n) is 2.88. The van der Waals surface area contributed by atoms with Gasteiger partial charge in [-0.2, -0.15) is 0 Å². The monoisotopic (exact) mass is 304 g/mol. The Morgan fingerprint density at radius 3 is 2.71 bits per heavy atom. The second kappa shape index (κ2) is 6.47. The molecule has 0 unspecified atom stereocenters. The van der Waals surface area contributed by atoms with Gasteiger partial charge in [0.1, 0.15) is 11.5 Å². The van der Waals surface area contributed by atoms with Crippen LogP contribution in [0.4, 0.5) is 0 Å². The van der Waals surface area contributed by atoms with E-state index in [9.17, 15) is 5.11 Å². The zero-order chi connectivity index (χ0) is 14.7. The molecule has 1 aliphatic heterocycles. The Kier molecular flexibility index (Phi) is 4.43. The van der Waals surface area contributed by atoms with Gasteiger partial charge in [-0.25, -0.2) is 0 Å². The molecular formula is C16H20N2O2S. The summed E-state index contributed by atoms with van der Waals surface area (Å²) in [6.07, 6.45) is 0. The fraction of sp³-hybridized carbons (Fsp3) is 0.375. The number of methoxy groups -OCH3 is 1. The van der Waals surface area contributed by atoms with Crippen molar-refractivity contribution in [3.8, 4) is 11.5 Å². The molecule has 0 radical (unpaired) electrons. The van der Waals surface area contributed by atoms with Crippen LogP contribution in [0.25, 0.3) is 0 Å². The quantitative estimate of drug-likeness (QED) is 0.911. The van der Waals surface area contributed by atoms with Crippen LogP contribution in [0, 0.1) is 0 Å². The number of thiophene rings is 1. The maximum absolute atomic E-state index is 10.4. The summed E-state index contributed by atoms with van der Waals surface area (Å²) < 4.78 is 5.50. The molecule has 1 aromatic carbocycles. The van der Waals surface area contributed by atoms with E-state index >= 15 is 0 Å². The van der Waals surface area contributed by atoms with Crippen LogP contribution in [-0.4, -0.2) is 43.3 Å². The number of benzene rings is 1. The van der Waals surface area contributed by atoms with Gasteiger partial charge in [-0.15, -0.1) is 11.3 Å². The van der Waals surface area contributed by atoms with Crippen LogP contribution in [0.3, 0.4) is 0 Å². The molecule has 5 heteroatoms. The minimum atomic E-state index is 0.0447. The molecule has 4 nitrogen and oxygen atoms in total. The lowest BCUT2D eigenvalue weighted by Crippen LogP contribution is -2.45. The lowest BCUT2D eigenvalue weighted by Gasteiger charge is -2.35. The Bertz CT molecular complexity index is 580. The summed E-state index contributed by atoms with van der Waals surface area (Å²) in [6, 6.07) is 9.70. The van der Waals surface area contributed by atoms with E-state index in [2.05, 4.69) is 27.7 Å². The van der Waals surface area contributed by atoms with Crippen molar-refractivity contribution in [2.45, 2.75) is 6.04 Å². The first-order valence-electron chi connectivity index (χ1n) is 7.15. The van der Waals surface area contributed by atoms with Crippen molar-refractivity contribution in [3.63, 3.8) is 0 Å². The molecule has 2 aromatic rings. The molecule has 0 aliphatic carbocycles. The van der Waals surface area contributed by atoms with Crippen molar-refractivity contribution < 1.29 is 9.84 Å². The minimum absolute atomic E-state index is 0.0447. The van der Waals surface area contributed by atoms with Crippen LogP contribution < -0.4 is 10.1 Å². The van der Waals surface area contributed by atoms with Gasteiger partial charge in [-0.05, 0) is 23.6 Å². The fourth-order valence-corrected chi connectivity index (χ4v) is 3.74. The Hall–Kier alpha value is -1.56. The van der Waals surface area contributed by atoms with Gasteiger partial charge in [0.25, 0.3) is 0 Å². The van der Waals surface area contributed by atoms with Crippen LogP contribution in [0.15, 0.2) is 35.7 Å². The molecule has 0 spiro atoms. The standard InChI is InChI=1S/C16H20N2O2S/c1-20-13-5-2-4-12(19)15(13)16(14-6-3-11-21-14)18-9-7-17-8-10-18/h2-6,11,16-17,19H,7-10H2,1H3/t16-/m1/s1. The molecule has 1 aromatic heterocycles. The second-order valence-corrected chi connectivity index (χ2v) is 6.08. The summed E-state index contributed by atoms with van der Waals surface area (Å²) in [4.78, 5) is 3.64. The van der Waals surface area contributed by atoms with Crippen molar-refractivity contribution in [1.82, 2.24) is 10.2 Å². The Labute approximate surface area is 129 Å². The van der Waals surface area contributed by atoms with Crippen LogP contribution in [0.2, 0.25) is 0 Å². The summed E-state index contributed by atoms with van der Waals surface area (Å²) in [6.45, 7) is 3.86. The molecule has 0 saturated carbocycles. The maximum atomic E-state index is 10.4. The number of ether oxygens (including phenoxy) is 1. The smallest absolute Gasteiger partial charge is 0.127 e. The summed E-state index contributed by atoms with van der Waals surface area (Å²) in [7, 11) is 1.65. The highest BCUT2D eigenvalue weighted by Crippen LogP contribution is 2.41. The molecule has 1 fully saturated rings. The van der Waals surface area contributed by atoms with Gasteiger partial charge in [0.2, 0.25) is 0 Å². The molecule has 0 bridgehead atoms. The van der Waals surface area contributed by atoms with Gasteiger partial charge in [-0.1, -0.05) is 12.1 Å². The van der Waals surface area contributed by atoms with E-state index in [4.69, 9.17) is 4.74 Å². The minimum Gasteiger partial charge on any atom is -0.507 e. The van der Waals surface area contributed by atoms with Gasteiger partial charge < -0.3 is 15.2 Å². The number of hydrogen-bond acceptors (Lipinski definition) is 5. The first-order chi connectivity index (χ1) is 10.3. The van der Waals surface area contributed by atoms with Crippen molar-refractivity contribution in [2.75, 3.05) is 33.3 Å². The number of aromatic hydroxyl groups is 1. The molecule has 0 amide bonds. The third kappa shape index (κ3) is 2.90. The van der Waals surface area contributed by atoms with Crippen LogP contribution >= 0.6 is 11.3 Å². The third-order valence-corrected chi connectivity index (χ3v) is 4.79. The molecule has 3 rings (SSSR count). The topological polar surface area (TPSA) is 44.7 Å². The predicted octanol–water partition coefficient (Wildman–Crippen LogP) is 2.46. The number of hydrogen-bond donors (Lipinski definition) is 2. The van der Waals surface area contributed by atoms with Gasteiger partial charge in [0.05, 0.1) is 18.7 Å². The highest BCUT2D eigenvalue weighted by Gasteiger charge is 2.29. The first-order valence-corrected chi connectivity index (χ1v) is 8.03. The number of nitrogens with zero attached hydrogens (tertiary/aromatic N) is 1. The average molecular weight is 304 g/mol. The van der Waals surface area contributed by atoms with Gasteiger partial charge >= 0.3 is 0 Å². The molecule has 1 atom stereocenters. The summed E-state index contributed by atoms with van der Waals surface area (Å²) in [5.41, 5.74) is 0.865. The van der Waals surface area contributed by atoms with E-state index in [1.54, 1.807) is 24.5 Å². The summed E-state index contributed by atoms with van der Waals surface area (Å²) in [5.74, 6) is 1.04. The highest BCUT2D eigenvalue weighted by atomic mass is 32.1. The van der Waals surface area contributed by atoms with E-state index < -0.39 is 0 Å². The predicted molar refractivity (Wildman–Crippen MR) is 85.3 cm³/mol. The zero-order valence-corrected chi connectivity index (χ0v) is 12.9. The summed E-state index contributed by atoms with van der Waals surface area (Å²) >= 11 is 1.72. The Morgan fingerprint density at radius 1 is 1.24 bits per heavy atom. The molecule has 2 heterocycles. The lowest BCUT2D eigenvalue weighted by molar-refractivity contribution is 0.195. The molecule has 112 valence electrons. The number of phenolic OH excluding ortho intramolecular Hbond substituents is 1. The van der Waals surface area contributed by atoms with E-state index in [0.717, 1.165) is 37.5 Å². The van der Waals surface area contributed by atoms with Crippen LogP contribution in [0.5, 0.6) is 11.5 Å². The number of piperazine rings is 1. The van der Waals surface area contributed by atoms with Gasteiger partial charge in [0.15, 0.2) is 0 Å². The van der Waals surface area contributed by atoms with Crippen molar-refractivity contribution in [2.24, 2.45) is 0 Å². The SMILES string of the molecule is COc1cccc(O)c1[C@@H](c1cccs1)N1CCNCC1. The van der Waals surface area contributed by atoms with E-state index in [-0.39, 0.29) is 6.04 Å². The second-order valence-electron chi connectivity index (χ2n) is 5.10. The van der Waals surface area contributed by atoms with Crippen molar-refractivity contribution in [3.05, 3.63) is 46.2 Å². The van der Waals surface area contributed by atoms with Crippen molar-refractivity contribution >= 4 is 11.3 Å². The van der Waals surface area contributed by atoms with E-state index in [1.807, 2.05) is 12.1 Å². The third-order valence-electron chi connectivity index (χ3n) is 3.87. The molecular weight excluding hydrogens is 284 g/mol. The van der Waals surface area contributed by atoms with Crippen molar-refractivity contribution in [1.29, 1.82) is 0 Å². The molecule has 21 heavy (non-hydrogen) atoms. The number of rotatable bonds is 4. The van der Waals surface area contributed by atoms with E-state index in [0.29, 0.717) is 5.75 Å². The molecule has 2 N–H and O–H groups in total. The zero-order valence-electron chi connectivity index (χ0n) is 12.1. The van der Waals surface area contributed by atoms with Gasteiger partial charge in [0, 0.05) is 31.1 Å². The molecule has 1 saturated heterocycles. The molecule has 1 aliphatic rings. The number of phenols is 1. The Morgan fingerprint density at radius 2 is 2.05 bits per heavy atom. The number of nitrogens with one attached hydrogen (secondary N) is 1. The van der Waals surface area contributed by atoms with Crippen LogP contribution in [0.1, 0.15) is 16.5 Å². The average Bonchev–Trinajstić information content (AvgIpc) is 3.04. The van der Waals surface area contributed by atoms with E-state index in [1.165, 1.54) is 4.88 Å². The Balaban J connectivity index is 2.07. The highest BCUT2D eigenvalue weighted by molar-refractivity contribution is 7.10. The summed E-state index contributed by atoms with van der Waals surface area (Å²) in [5, 5.41) is 15.9. The lowest BCUT2D eigenvalue weighted by atomic mass is 10.0. The van der Waals surface area contributed by atoms with Crippen LogP contribution in [-0.2, 0) is 0 Å². The normalized spacial score (nSPS) is 17.6.